The number of nitrogens with zero attached hydrogens (tertiary/aromatic N) is 3. The van der Waals surface area contributed by atoms with Gasteiger partial charge in [-0.25, -0.2) is 0 Å². The Kier molecular flexibility index (Phi) is 9.75. The van der Waals surface area contributed by atoms with E-state index >= 15 is 0 Å². The molecular formula is C80H61BClN3. The van der Waals surface area contributed by atoms with E-state index in [2.05, 4.69) is 215 Å². The number of rotatable bonds is 5. The molecule has 0 unspecified atom stereocenters. The molecule has 0 amide bonds. The monoisotopic (exact) mass is 1120 g/mol. The van der Waals surface area contributed by atoms with Gasteiger partial charge in [-0.1, -0.05) is 265 Å². The van der Waals surface area contributed by atoms with Crippen LogP contribution < -0.4 is 21.3 Å². The molecule has 0 bridgehead atoms. The van der Waals surface area contributed by atoms with Crippen LogP contribution in [0.25, 0.3) is 110 Å². The molecule has 0 saturated carbocycles. The van der Waals surface area contributed by atoms with Crippen LogP contribution in [0, 0.1) is 0 Å². The summed E-state index contributed by atoms with van der Waals surface area (Å²) in [6.45, 7) is 13.2. The van der Waals surface area contributed by atoms with Gasteiger partial charge in [0.05, 0.1) is 33.2 Å². The summed E-state index contributed by atoms with van der Waals surface area (Å²) in [5, 5.41) is 6.93. The minimum atomic E-state index is -0.510. The fraction of sp³-hybridized carbons (Fsp3) is 0.100. The van der Waals surface area contributed by atoms with E-state index in [-0.39, 0.29) is 44.7 Å². The van der Waals surface area contributed by atoms with Crippen molar-refractivity contribution in [2.75, 3.05) is 4.90 Å². The molecule has 406 valence electrons. The number of fused-ring (bicyclic) bond motifs is 14. The Morgan fingerprint density at radius 3 is 1.47 bits per heavy atom. The minimum Gasteiger partial charge on any atom is -0.310 e. The summed E-state index contributed by atoms with van der Waals surface area (Å²) >= 11 is 7.90. The van der Waals surface area contributed by atoms with E-state index < -0.39 is 43.0 Å². The average molecular weight is 1120 g/mol. The maximum absolute atomic E-state index is 9.69. The van der Waals surface area contributed by atoms with E-state index in [1.165, 1.54) is 11.1 Å². The van der Waals surface area contributed by atoms with Gasteiger partial charge in [0, 0.05) is 66.0 Å². The van der Waals surface area contributed by atoms with Crippen LogP contribution in [0.3, 0.4) is 0 Å². The Hall–Kier alpha value is -9.61. The molecule has 0 saturated heterocycles. The topological polar surface area (TPSA) is 13.1 Å². The number of anilines is 3. The molecule has 0 N–H and O–H groups in total. The predicted molar refractivity (Wildman–Crippen MR) is 366 cm³/mol. The van der Waals surface area contributed by atoms with Gasteiger partial charge in [0.2, 0.25) is 0 Å². The highest BCUT2D eigenvalue weighted by molar-refractivity contribution is 7.00. The van der Waals surface area contributed by atoms with Crippen LogP contribution >= 0.6 is 11.6 Å². The Balaban J connectivity index is 1.15. The highest BCUT2D eigenvalue weighted by Crippen LogP contribution is 2.50. The molecule has 14 aromatic rings. The van der Waals surface area contributed by atoms with Crippen molar-refractivity contribution in [3.63, 3.8) is 0 Å². The zero-order chi connectivity index (χ0) is 64.4. The van der Waals surface area contributed by atoms with E-state index in [1.54, 1.807) is 4.57 Å². The van der Waals surface area contributed by atoms with Gasteiger partial charge in [-0.05, 0) is 131 Å². The third-order valence-corrected chi connectivity index (χ3v) is 17.9. The molecular weight excluding hydrogens is 1050 g/mol. The molecule has 0 spiro atoms. The molecule has 2 aromatic heterocycles. The van der Waals surface area contributed by atoms with Crippen LogP contribution in [-0.2, 0) is 10.8 Å². The second-order valence-corrected chi connectivity index (χ2v) is 25.2. The van der Waals surface area contributed by atoms with Crippen LogP contribution in [0.4, 0.5) is 17.1 Å². The first kappa shape index (κ1) is 43.1. The van der Waals surface area contributed by atoms with Crippen molar-refractivity contribution in [3.05, 3.63) is 277 Å². The molecule has 16 rings (SSSR count). The molecule has 85 heavy (non-hydrogen) atoms. The molecule has 0 aliphatic carbocycles. The third-order valence-electron chi connectivity index (χ3n) is 17.7. The maximum Gasteiger partial charge on any atom is 0.252 e. The van der Waals surface area contributed by atoms with Crippen LogP contribution in [-0.4, -0.2) is 15.8 Å². The standard InChI is InChI=1S/C80H61BClN3/c1-79(2,3)54-42-52(43-55(46-54)80(4,5)6)53-44-67-63-31-16-14-29-61(63)60-28-13-15-30-62(60)64-32-17-22-39-72(64)84-74-47-56(82)48-75-76(74)81(69(45-53)78(67)84)68-41-40-57(83-70-37-20-18-33-65(70)66-34-19-21-38-71(66)83)49-73(68)85(75)77-58(50-24-9-7-10-25-50)35-23-36-59(77)51-26-11-8-12-27-51/h7-49H,1-6H3/i18D,19D,20D,21D,33D,34D,37D,38D. The maximum atomic E-state index is 9.69. The Bertz CT molecular complexity index is 5500. The van der Waals surface area contributed by atoms with Crippen LogP contribution in [0.5, 0.6) is 0 Å². The molecule has 4 heterocycles. The number of benzene rings is 12. The molecule has 0 radical (unpaired) electrons. The summed E-state index contributed by atoms with van der Waals surface area (Å²) in [4.78, 5) is 2.33. The van der Waals surface area contributed by atoms with Crippen molar-refractivity contribution in [1.29, 1.82) is 0 Å². The molecule has 12 aromatic carbocycles. The number of aromatic nitrogens is 2. The molecule has 2 aliphatic rings. The van der Waals surface area contributed by atoms with Crippen LogP contribution in [0.2, 0.25) is 5.02 Å². The summed E-state index contributed by atoms with van der Waals surface area (Å²) < 4.78 is 78.5. The zero-order valence-corrected chi connectivity index (χ0v) is 48.8. The summed E-state index contributed by atoms with van der Waals surface area (Å²) in [6.07, 6.45) is 0. The van der Waals surface area contributed by atoms with Gasteiger partial charge in [-0.3, -0.25) is 0 Å². The van der Waals surface area contributed by atoms with Crippen molar-refractivity contribution >= 4 is 117 Å². The first-order valence-corrected chi connectivity index (χ1v) is 29.5. The zero-order valence-electron chi connectivity index (χ0n) is 56.0. The van der Waals surface area contributed by atoms with Gasteiger partial charge in [0.1, 0.15) is 0 Å². The quantitative estimate of drug-likeness (QED) is 0.157. The SMILES string of the molecule is [2H]c1c([2H])c([2H])c2c(c1[2H])c1c([2H])c([2H])c([2H])c([2H])c1n2-c1ccc2c(c1)N(c1c(-c3ccccc3)cccc1-c1ccccc1)c1cc(Cl)cc3c1B2c1cc(-c2cc(C(C)(C)C)cc(C(C)(C)C)c2)cc2c4ccccc4c4ccccc4c4ccccc4n-3c12. The van der Waals surface area contributed by atoms with E-state index in [0.717, 1.165) is 116 Å². The molecule has 3 nitrogen and oxygen atoms in total. The fourth-order valence-electron chi connectivity index (χ4n) is 13.7. The van der Waals surface area contributed by atoms with Crippen molar-refractivity contribution in [1.82, 2.24) is 9.13 Å². The third kappa shape index (κ3) is 8.03. The lowest BCUT2D eigenvalue weighted by molar-refractivity contribution is 0.569. The average Bonchev–Trinajstić information content (AvgIpc) is 1.57. The molecule has 0 atom stereocenters. The summed E-state index contributed by atoms with van der Waals surface area (Å²) in [5.74, 6) is 0. The Morgan fingerprint density at radius 1 is 0.376 bits per heavy atom. The Morgan fingerprint density at radius 2 is 0.882 bits per heavy atom. The van der Waals surface area contributed by atoms with Crippen LogP contribution in [0.15, 0.2) is 261 Å². The lowest BCUT2D eigenvalue weighted by Crippen LogP contribution is -2.60. The fourth-order valence-corrected chi connectivity index (χ4v) is 13.9. The molecule has 2 aliphatic heterocycles. The number of para-hydroxylation sites is 4. The second kappa shape index (κ2) is 19.2. The number of hydrogen-bond donors (Lipinski definition) is 0. The van der Waals surface area contributed by atoms with Gasteiger partial charge in [0.15, 0.2) is 0 Å². The van der Waals surface area contributed by atoms with Crippen molar-refractivity contribution in [2.45, 2.75) is 52.4 Å². The second-order valence-electron chi connectivity index (χ2n) is 24.8. The summed E-state index contributed by atoms with van der Waals surface area (Å²) in [5.41, 5.74) is 16.7. The highest BCUT2D eigenvalue weighted by atomic mass is 35.5. The van der Waals surface area contributed by atoms with Gasteiger partial charge in [-0.15, -0.1) is 0 Å². The Labute approximate surface area is 513 Å². The van der Waals surface area contributed by atoms with Gasteiger partial charge in [0.25, 0.3) is 6.71 Å². The van der Waals surface area contributed by atoms with Gasteiger partial charge in [-0.2, -0.15) is 0 Å². The van der Waals surface area contributed by atoms with Crippen molar-refractivity contribution < 1.29 is 11.0 Å². The van der Waals surface area contributed by atoms with E-state index in [4.69, 9.17) is 17.1 Å². The summed E-state index contributed by atoms with van der Waals surface area (Å²) in [6, 6.07) is 72.1. The highest BCUT2D eigenvalue weighted by Gasteiger charge is 2.43. The van der Waals surface area contributed by atoms with E-state index in [9.17, 15) is 5.48 Å². The number of halogens is 1. The smallest absolute Gasteiger partial charge is 0.252 e. The van der Waals surface area contributed by atoms with Crippen LogP contribution in [0.1, 0.15) is 63.6 Å². The number of hydrogen-bond acceptors (Lipinski definition) is 1. The molecule has 0 fully saturated rings. The van der Waals surface area contributed by atoms with Crippen molar-refractivity contribution in [2.24, 2.45) is 0 Å². The normalized spacial score (nSPS) is 14.2. The first-order valence-electron chi connectivity index (χ1n) is 33.1. The van der Waals surface area contributed by atoms with Gasteiger partial charge < -0.3 is 14.0 Å². The lowest BCUT2D eigenvalue weighted by Gasteiger charge is -2.42. The largest absolute Gasteiger partial charge is 0.310 e. The lowest BCUT2D eigenvalue weighted by atomic mass is 9.33. The minimum absolute atomic E-state index is 0.00621. The molecule has 5 heteroatoms. The predicted octanol–water partition coefficient (Wildman–Crippen LogP) is 20.2. The summed E-state index contributed by atoms with van der Waals surface area (Å²) in [7, 11) is 0. The first-order chi connectivity index (χ1) is 44.7. The van der Waals surface area contributed by atoms with E-state index in [1.807, 2.05) is 48.5 Å². The van der Waals surface area contributed by atoms with Crippen molar-refractivity contribution in [3.8, 4) is 44.8 Å². The van der Waals surface area contributed by atoms with Gasteiger partial charge >= 0.3 is 0 Å². The van der Waals surface area contributed by atoms with E-state index in [0.29, 0.717) is 10.7 Å².